The van der Waals surface area contributed by atoms with Crippen molar-refractivity contribution in [1.82, 2.24) is 9.80 Å². The molecule has 0 amide bonds. The highest BCUT2D eigenvalue weighted by molar-refractivity contribution is 7.11. The number of aliphatic hydroxyl groups excluding tert-OH is 1. The van der Waals surface area contributed by atoms with Crippen LogP contribution in [0.2, 0.25) is 0 Å². The van der Waals surface area contributed by atoms with E-state index >= 15 is 0 Å². The molecule has 2 aliphatic heterocycles. The smallest absolute Gasteiger partial charge is 0.0822 e. The van der Waals surface area contributed by atoms with Crippen LogP contribution in [-0.4, -0.2) is 66.4 Å². The predicted molar refractivity (Wildman–Crippen MR) is 94.9 cm³/mol. The van der Waals surface area contributed by atoms with E-state index in [9.17, 15) is 5.11 Å². The fraction of sp³-hybridized carbons (Fsp3) is 0.778. The highest BCUT2D eigenvalue weighted by Crippen LogP contribution is 2.24. The van der Waals surface area contributed by atoms with Crippen molar-refractivity contribution in [3.05, 3.63) is 21.9 Å². The number of rotatable bonds is 5. The summed E-state index contributed by atoms with van der Waals surface area (Å²) in [5, 5.41) is 10.6. The van der Waals surface area contributed by atoms with Crippen molar-refractivity contribution in [2.75, 3.05) is 39.4 Å². The van der Waals surface area contributed by atoms with Gasteiger partial charge in [-0.25, -0.2) is 0 Å². The second-order valence-corrected chi connectivity index (χ2v) is 8.53. The lowest BCUT2D eigenvalue weighted by Gasteiger charge is -2.42. The molecule has 4 nitrogen and oxygen atoms in total. The predicted octanol–water partition coefficient (Wildman–Crippen LogP) is 2.21. The molecule has 23 heavy (non-hydrogen) atoms. The number of hydrogen-bond donors (Lipinski definition) is 1. The second kappa shape index (κ2) is 8.08. The van der Waals surface area contributed by atoms with Crippen molar-refractivity contribution in [2.45, 2.75) is 45.4 Å². The van der Waals surface area contributed by atoms with Crippen LogP contribution < -0.4 is 0 Å². The lowest BCUT2D eigenvalue weighted by atomic mass is 9.99. The summed E-state index contributed by atoms with van der Waals surface area (Å²) >= 11 is 1.93. The average Bonchev–Trinajstić information content (AvgIpc) is 2.94. The number of piperidine rings is 1. The van der Waals surface area contributed by atoms with Crippen molar-refractivity contribution in [2.24, 2.45) is 5.92 Å². The first-order valence-corrected chi connectivity index (χ1v) is 9.73. The molecule has 2 atom stereocenters. The number of morpholine rings is 1. The van der Waals surface area contributed by atoms with Crippen molar-refractivity contribution < 1.29 is 9.84 Å². The molecule has 0 radical (unpaired) electrons. The van der Waals surface area contributed by atoms with Gasteiger partial charge in [0, 0.05) is 48.5 Å². The Kier molecular flexibility index (Phi) is 6.10. The van der Waals surface area contributed by atoms with Crippen LogP contribution >= 0.6 is 11.3 Å². The van der Waals surface area contributed by atoms with E-state index in [-0.39, 0.29) is 6.10 Å². The van der Waals surface area contributed by atoms with Gasteiger partial charge >= 0.3 is 0 Å². The Balaban J connectivity index is 1.50. The molecule has 1 aromatic heterocycles. The molecule has 0 bridgehead atoms. The third-order valence-electron chi connectivity index (χ3n) is 4.85. The van der Waals surface area contributed by atoms with Gasteiger partial charge in [0.15, 0.2) is 0 Å². The monoisotopic (exact) mass is 338 g/mol. The van der Waals surface area contributed by atoms with E-state index < -0.39 is 0 Å². The Labute approximate surface area is 144 Å². The fourth-order valence-electron chi connectivity index (χ4n) is 3.70. The highest BCUT2D eigenvalue weighted by Gasteiger charge is 2.32. The van der Waals surface area contributed by atoms with Crippen LogP contribution in [-0.2, 0) is 17.7 Å². The minimum Gasteiger partial charge on any atom is -0.390 e. The summed E-state index contributed by atoms with van der Waals surface area (Å²) in [5.74, 6) is 0.715. The third kappa shape index (κ3) is 4.77. The Hall–Kier alpha value is -0.460. The highest BCUT2D eigenvalue weighted by atomic mass is 32.1. The van der Waals surface area contributed by atoms with Crippen LogP contribution in [0.15, 0.2) is 12.1 Å². The number of β-amino-alcohol motifs (C(OH)–C–C–N with tert-alkyl or cyclic N) is 1. The second-order valence-electron chi connectivity index (χ2n) is 7.27. The van der Waals surface area contributed by atoms with Gasteiger partial charge in [-0.2, -0.15) is 0 Å². The third-order valence-corrected chi connectivity index (χ3v) is 5.94. The van der Waals surface area contributed by atoms with Gasteiger partial charge in [0.05, 0.1) is 19.3 Å². The Bertz CT molecular complexity index is 485. The Morgan fingerprint density at radius 2 is 1.96 bits per heavy atom. The minimum absolute atomic E-state index is 0.239. The van der Waals surface area contributed by atoms with E-state index in [2.05, 4.69) is 35.8 Å². The molecule has 5 heteroatoms. The maximum Gasteiger partial charge on any atom is 0.0822 e. The molecule has 1 N–H and O–H groups in total. The summed E-state index contributed by atoms with van der Waals surface area (Å²) in [4.78, 5) is 7.74. The molecular weight excluding hydrogens is 308 g/mol. The van der Waals surface area contributed by atoms with Crippen molar-refractivity contribution in [3.8, 4) is 0 Å². The van der Waals surface area contributed by atoms with Gasteiger partial charge in [-0.05, 0) is 30.9 Å². The standard InChI is InChI=1S/C18H30N2O2S/c1-14(2)11-15-3-4-16(23-15)12-19-6-5-17(18(21)13-19)20-7-9-22-10-8-20/h3-4,14,17-18,21H,5-13H2,1-2H3/t17-,18-/m1/s1. The molecule has 0 saturated carbocycles. The molecule has 1 aromatic rings. The zero-order valence-corrected chi connectivity index (χ0v) is 15.2. The number of thiophene rings is 1. The quantitative estimate of drug-likeness (QED) is 0.893. The maximum absolute atomic E-state index is 10.6. The molecule has 2 fully saturated rings. The SMILES string of the molecule is CC(C)Cc1ccc(CN2CC[C@@H](N3CCOCC3)[C@H](O)C2)s1. The molecule has 0 unspecified atom stereocenters. The normalized spacial score (nSPS) is 27.7. The number of nitrogens with zero attached hydrogens (tertiary/aromatic N) is 2. The summed E-state index contributed by atoms with van der Waals surface area (Å²) in [6, 6.07) is 4.86. The molecular formula is C18H30N2O2S. The molecule has 2 aliphatic rings. The van der Waals surface area contributed by atoms with Crippen molar-refractivity contribution >= 4 is 11.3 Å². The van der Waals surface area contributed by atoms with Gasteiger partial charge in [-0.15, -0.1) is 11.3 Å². The van der Waals surface area contributed by atoms with Gasteiger partial charge in [0.25, 0.3) is 0 Å². The van der Waals surface area contributed by atoms with E-state index in [1.54, 1.807) is 0 Å². The first-order chi connectivity index (χ1) is 11.1. The zero-order valence-electron chi connectivity index (χ0n) is 14.4. The van der Waals surface area contributed by atoms with E-state index in [1.165, 1.54) is 16.2 Å². The molecule has 0 aromatic carbocycles. The minimum atomic E-state index is -0.239. The average molecular weight is 339 g/mol. The topological polar surface area (TPSA) is 35.9 Å². The van der Waals surface area contributed by atoms with Gasteiger partial charge < -0.3 is 9.84 Å². The van der Waals surface area contributed by atoms with Crippen LogP contribution in [0.4, 0.5) is 0 Å². The van der Waals surface area contributed by atoms with Crippen LogP contribution in [0, 0.1) is 5.92 Å². The van der Waals surface area contributed by atoms with E-state index in [0.717, 1.165) is 52.4 Å². The van der Waals surface area contributed by atoms with Gasteiger partial charge in [-0.1, -0.05) is 13.8 Å². The lowest BCUT2D eigenvalue weighted by Crippen LogP contribution is -2.56. The maximum atomic E-state index is 10.6. The largest absolute Gasteiger partial charge is 0.390 e. The number of ether oxygens (including phenoxy) is 1. The number of hydrogen-bond acceptors (Lipinski definition) is 5. The molecule has 3 rings (SSSR count). The summed E-state index contributed by atoms with van der Waals surface area (Å²) in [6.07, 6.45) is 1.99. The molecule has 0 aliphatic carbocycles. The first kappa shape index (κ1) is 17.4. The zero-order chi connectivity index (χ0) is 16.2. The van der Waals surface area contributed by atoms with E-state index in [1.807, 2.05) is 11.3 Å². The van der Waals surface area contributed by atoms with Crippen LogP contribution in [0.5, 0.6) is 0 Å². The van der Waals surface area contributed by atoms with Crippen LogP contribution in [0.3, 0.4) is 0 Å². The van der Waals surface area contributed by atoms with Gasteiger partial charge in [0.2, 0.25) is 0 Å². The van der Waals surface area contributed by atoms with Gasteiger partial charge in [0.1, 0.15) is 0 Å². The van der Waals surface area contributed by atoms with Crippen molar-refractivity contribution in [1.29, 1.82) is 0 Å². The Morgan fingerprint density at radius 3 is 2.65 bits per heavy atom. The summed E-state index contributed by atoms with van der Waals surface area (Å²) in [6.45, 7) is 10.9. The molecule has 130 valence electrons. The number of aliphatic hydroxyl groups is 1. The van der Waals surface area contributed by atoms with Crippen LogP contribution in [0.1, 0.15) is 30.0 Å². The Morgan fingerprint density at radius 1 is 1.22 bits per heavy atom. The van der Waals surface area contributed by atoms with Gasteiger partial charge in [-0.3, -0.25) is 9.80 Å². The van der Waals surface area contributed by atoms with E-state index in [4.69, 9.17) is 4.74 Å². The summed E-state index contributed by atoms with van der Waals surface area (Å²) in [5.41, 5.74) is 0. The molecule has 3 heterocycles. The summed E-state index contributed by atoms with van der Waals surface area (Å²) in [7, 11) is 0. The fourth-order valence-corrected chi connectivity index (χ4v) is 4.98. The van der Waals surface area contributed by atoms with E-state index in [0.29, 0.717) is 12.0 Å². The first-order valence-electron chi connectivity index (χ1n) is 8.91. The van der Waals surface area contributed by atoms with Crippen molar-refractivity contribution in [3.63, 3.8) is 0 Å². The summed E-state index contributed by atoms with van der Waals surface area (Å²) < 4.78 is 5.42. The lowest BCUT2D eigenvalue weighted by molar-refractivity contribution is -0.0532. The molecule has 0 spiro atoms. The number of likely N-dealkylation sites (tertiary alicyclic amines) is 1. The van der Waals surface area contributed by atoms with Crippen LogP contribution in [0.25, 0.3) is 0 Å². The molecule has 2 saturated heterocycles.